The standard InChI is InChI=1S/C15H17N3OS2/c16-14-6-5-11(9-17-14)21-10-15(19)18-7-1-3-12(18)13-4-2-8-20-13/h2,4-6,8-9,12H,1,3,7,10H2,(H2,16,17). The second kappa shape index (κ2) is 6.49. The molecule has 1 saturated heterocycles. The minimum absolute atomic E-state index is 0.202. The zero-order valence-electron chi connectivity index (χ0n) is 11.6. The maximum absolute atomic E-state index is 12.5. The number of nitrogens with zero attached hydrogens (tertiary/aromatic N) is 2. The van der Waals surface area contributed by atoms with E-state index in [0.717, 1.165) is 24.3 Å². The van der Waals surface area contributed by atoms with Crippen molar-refractivity contribution in [3.05, 3.63) is 40.7 Å². The van der Waals surface area contributed by atoms with Crippen molar-refractivity contribution in [2.75, 3.05) is 18.0 Å². The predicted octanol–water partition coefficient (Wildman–Crippen LogP) is 3.18. The number of nitrogens with two attached hydrogens (primary N) is 1. The third-order valence-electron chi connectivity index (χ3n) is 3.57. The minimum atomic E-state index is 0.202. The normalized spacial score (nSPS) is 18.1. The first-order valence-electron chi connectivity index (χ1n) is 6.91. The van der Waals surface area contributed by atoms with Crippen LogP contribution in [0.4, 0.5) is 5.82 Å². The molecule has 1 aliphatic heterocycles. The fraction of sp³-hybridized carbons (Fsp3) is 0.333. The van der Waals surface area contributed by atoms with Crippen molar-refractivity contribution < 1.29 is 4.79 Å². The van der Waals surface area contributed by atoms with Crippen LogP contribution in [0, 0.1) is 0 Å². The number of carbonyl (C=O) groups excluding carboxylic acids is 1. The third-order valence-corrected chi connectivity index (χ3v) is 5.51. The summed E-state index contributed by atoms with van der Waals surface area (Å²) in [5.74, 6) is 1.16. The molecular formula is C15H17N3OS2. The molecule has 0 spiro atoms. The number of hydrogen-bond donors (Lipinski definition) is 1. The van der Waals surface area contributed by atoms with Gasteiger partial charge in [-0.05, 0) is 36.4 Å². The number of thiophene rings is 1. The van der Waals surface area contributed by atoms with Crippen LogP contribution in [-0.2, 0) is 4.79 Å². The first-order valence-corrected chi connectivity index (χ1v) is 8.78. The van der Waals surface area contributed by atoms with Gasteiger partial charge in [0.25, 0.3) is 0 Å². The Kier molecular flexibility index (Phi) is 4.45. The van der Waals surface area contributed by atoms with Crippen LogP contribution >= 0.6 is 23.1 Å². The second-order valence-corrected chi connectivity index (χ2v) is 7.00. The van der Waals surface area contributed by atoms with Crippen LogP contribution in [0.15, 0.2) is 40.7 Å². The molecule has 3 heterocycles. The van der Waals surface area contributed by atoms with Gasteiger partial charge in [0.1, 0.15) is 5.82 Å². The Morgan fingerprint density at radius 2 is 2.38 bits per heavy atom. The lowest BCUT2D eigenvalue weighted by atomic mass is 10.2. The molecule has 0 aromatic carbocycles. The van der Waals surface area contributed by atoms with E-state index in [9.17, 15) is 4.79 Å². The molecular weight excluding hydrogens is 302 g/mol. The lowest BCUT2D eigenvalue weighted by Crippen LogP contribution is -2.31. The molecule has 2 N–H and O–H groups in total. The van der Waals surface area contributed by atoms with Gasteiger partial charge in [-0.15, -0.1) is 23.1 Å². The second-order valence-electron chi connectivity index (χ2n) is 4.97. The molecule has 1 fully saturated rings. The molecule has 2 aromatic heterocycles. The Morgan fingerprint density at radius 1 is 1.48 bits per heavy atom. The van der Waals surface area contributed by atoms with Crippen LogP contribution in [0.3, 0.4) is 0 Å². The molecule has 1 unspecified atom stereocenters. The van der Waals surface area contributed by atoms with Crippen molar-refractivity contribution in [1.82, 2.24) is 9.88 Å². The third kappa shape index (κ3) is 3.39. The fourth-order valence-electron chi connectivity index (χ4n) is 2.55. The van der Waals surface area contributed by atoms with Crippen LogP contribution in [0.1, 0.15) is 23.8 Å². The SMILES string of the molecule is Nc1ccc(SCC(=O)N2CCCC2c2cccs2)cn1. The van der Waals surface area contributed by atoms with E-state index < -0.39 is 0 Å². The molecule has 110 valence electrons. The van der Waals surface area contributed by atoms with Crippen molar-refractivity contribution in [1.29, 1.82) is 0 Å². The maximum atomic E-state index is 12.5. The highest BCUT2D eigenvalue weighted by Gasteiger charge is 2.30. The Morgan fingerprint density at radius 3 is 3.10 bits per heavy atom. The van der Waals surface area contributed by atoms with Crippen LogP contribution in [0.5, 0.6) is 0 Å². The number of rotatable bonds is 4. The van der Waals surface area contributed by atoms with Crippen LogP contribution in [0.2, 0.25) is 0 Å². The highest BCUT2D eigenvalue weighted by molar-refractivity contribution is 8.00. The number of amides is 1. The summed E-state index contributed by atoms with van der Waals surface area (Å²) in [6.07, 6.45) is 3.87. The fourth-order valence-corrected chi connectivity index (χ4v) is 4.17. The number of hydrogen-bond acceptors (Lipinski definition) is 5. The van der Waals surface area contributed by atoms with Crippen molar-refractivity contribution >= 4 is 34.8 Å². The quantitative estimate of drug-likeness (QED) is 0.879. The largest absolute Gasteiger partial charge is 0.384 e. The predicted molar refractivity (Wildman–Crippen MR) is 87.4 cm³/mol. The van der Waals surface area contributed by atoms with Gasteiger partial charge < -0.3 is 10.6 Å². The van der Waals surface area contributed by atoms with E-state index in [0.29, 0.717) is 11.6 Å². The van der Waals surface area contributed by atoms with Crippen LogP contribution < -0.4 is 5.73 Å². The van der Waals surface area contributed by atoms with Crippen molar-refractivity contribution in [3.8, 4) is 0 Å². The number of nitrogen functional groups attached to an aromatic ring is 1. The Bertz CT molecular complexity index is 598. The number of pyridine rings is 1. The Hall–Kier alpha value is -1.53. The summed E-state index contributed by atoms with van der Waals surface area (Å²) >= 11 is 3.25. The first kappa shape index (κ1) is 14.4. The smallest absolute Gasteiger partial charge is 0.233 e. The Labute approximate surface area is 132 Å². The summed E-state index contributed by atoms with van der Waals surface area (Å²) in [6.45, 7) is 0.863. The number of thioether (sulfide) groups is 1. The zero-order chi connectivity index (χ0) is 14.7. The number of likely N-dealkylation sites (tertiary alicyclic amines) is 1. The molecule has 2 aromatic rings. The Balaban J connectivity index is 1.61. The highest BCUT2D eigenvalue weighted by Crippen LogP contribution is 2.35. The van der Waals surface area contributed by atoms with Gasteiger partial charge in [0.2, 0.25) is 5.91 Å². The topological polar surface area (TPSA) is 59.2 Å². The lowest BCUT2D eigenvalue weighted by Gasteiger charge is -2.23. The van der Waals surface area contributed by atoms with E-state index in [-0.39, 0.29) is 11.9 Å². The molecule has 6 heteroatoms. The average Bonchev–Trinajstić information content (AvgIpc) is 3.16. The first-order chi connectivity index (χ1) is 10.2. The van der Waals surface area contributed by atoms with Crippen molar-refractivity contribution in [2.24, 2.45) is 0 Å². The zero-order valence-corrected chi connectivity index (χ0v) is 13.2. The summed E-state index contributed by atoms with van der Waals surface area (Å²) in [6, 6.07) is 8.11. The maximum Gasteiger partial charge on any atom is 0.233 e. The molecule has 1 amide bonds. The monoisotopic (exact) mass is 319 g/mol. The number of aromatic nitrogens is 1. The van der Waals surface area contributed by atoms with Crippen LogP contribution in [0.25, 0.3) is 0 Å². The summed E-state index contributed by atoms with van der Waals surface area (Å²) in [4.78, 5) is 20.8. The van der Waals surface area contributed by atoms with Gasteiger partial charge in [-0.2, -0.15) is 0 Å². The van der Waals surface area contributed by atoms with Gasteiger partial charge in [0, 0.05) is 22.5 Å². The average molecular weight is 319 g/mol. The molecule has 0 bridgehead atoms. The molecule has 4 nitrogen and oxygen atoms in total. The summed E-state index contributed by atoms with van der Waals surface area (Å²) in [5.41, 5.74) is 5.56. The lowest BCUT2D eigenvalue weighted by molar-refractivity contribution is -0.129. The molecule has 0 aliphatic carbocycles. The van der Waals surface area contributed by atoms with Crippen LogP contribution in [-0.4, -0.2) is 28.1 Å². The van der Waals surface area contributed by atoms with E-state index in [1.807, 2.05) is 11.0 Å². The van der Waals surface area contributed by atoms with E-state index in [4.69, 9.17) is 5.73 Å². The van der Waals surface area contributed by atoms with Gasteiger partial charge in [-0.1, -0.05) is 6.07 Å². The molecule has 1 atom stereocenters. The number of anilines is 1. The van der Waals surface area contributed by atoms with E-state index in [1.165, 1.54) is 16.6 Å². The summed E-state index contributed by atoms with van der Waals surface area (Å²) in [5, 5.41) is 2.07. The molecule has 3 rings (SSSR count). The van der Waals surface area contributed by atoms with Gasteiger partial charge >= 0.3 is 0 Å². The van der Waals surface area contributed by atoms with E-state index in [2.05, 4.69) is 22.5 Å². The molecule has 0 radical (unpaired) electrons. The van der Waals surface area contributed by atoms with Crippen molar-refractivity contribution in [2.45, 2.75) is 23.8 Å². The van der Waals surface area contributed by atoms with Gasteiger partial charge in [-0.25, -0.2) is 4.98 Å². The molecule has 1 aliphatic rings. The number of carbonyl (C=O) groups is 1. The molecule has 21 heavy (non-hydrogen) atoms. The minimum Gasteiger partial charge on any atom is -0.384 e. The van der Waals surface area contributed by atoms with E-state index >= 15 is 0 Å². The van der Waals surface area contributed by atoms with E-state index in [1.54, 1.807) is 23.6 Å². The summed E-state index contributed by atoms with van der Waals surface area (Å²) in [7, 11) is 0. The van der Waals surface area contributed by atoms with Crippen molar-refractivity contribution in [3.63, 3.8) is 0 Å². The highest BCUT2D eigenvalue weighted by atomic mass is 32.2. The molecule has 0 saturated carbocycles. The summed E-state index contributed by atoms with van der Waals surface area (Å²) < 4.78 is 0. The van der Waals surface area contributed by atoms with Gasteiger partial charge in [-0.3, -0.25) is 4.79 Å². The van der Waals surface area contributed by atoms with Gasteiger partial charge in [0.15, 0.2) is 0 Å². The van der Waals surface area contributed by atoms with Gasteiger partial charge in [0.05, 0.1) is 11.8 Å².